The Morgan fingerprint density at radius 3 is 2.92 bits per heavy atom. The van der Waals surface area contributed by atoms with Gasteiger partial charge in [-0.3, -0.25) is 0 Å². The lowest BCUT2D eigenvalue weighted by molar-refractivity contribution is 0.262. The van der Waals surface area contributed by atoms with Gasteiger partial charge in [-0.2, -0.15) is 0 Å². The highest BCUT2D eigenvalue weighted by atomic mass is 15.1. The van der Waals surface area contributed by atoms with E-state index in [-0.39, 0.29) is 0 Å². The van der Waals surface area contributed by atoms with Gasteiger partial charge in [0.2, 0.25) is 0 Å². The highest BCUT2D eigenvalue weighted by Gasteiger charge is 2.11. The number of unbranched alkanes of at least 4 members (excludes halogenated alkanes) is 2. The lowest BCUT2D eigenvalue weighted by atomic mass is 10.1. The van der Waals surface area contributed by atoms with E-state index < -0.39 is 0 Å². The monoisotopic (exact) mass is 167 g/mol. The molecular weight excluding hydrogens is 146 g/mol. The van der Waals surface area contributed by atoms with Crippen LogP contribution in [-0.2, 0) is 0 Å². The maximum atomic E-state index is 2.49. The molecule has 0 bridgehead atoms. The summed E-state index contributed by atoms with van der Waals surface area (Å²) in [4.78, 5) is 2.49. The van der Waals surface area contributed by atoms with Crippen LogP contribution in [0.5, 0.6) is 0 Å². The summed E-state index contributed by atoms with van der Waals surface area (Å²) in [6.45, 7) is 5.84. The van der Waals surface area contributed by atoms with Gasteiger partial charge in [0, 0.05) is 12.6 Å². The van der Waals surface area contributed by atoms with Crippen LogP contribution in [-0.4, -0.2) is 17.5 Å². The minimum atomic E-state index is 0.770. The minimum Gasteiger partial charge on any atom is -0.375 e. The van der Waals surface area contributed by atoms with Gasteiger partial charge in [0.05, 0.1) is 0 Å². The van der Waals surface area contributed by atoms with Gasteiger partial charge in [0.15, 0.2) is 0 Å². The van der Waals surface area contributed by atoms with Crippen molar-refractivity contribution >= 4 is 0 Å². The van der Waals surface area contributed by atoms with Gasteiger partial charge >= 0.3 is 0 Å². The van der Waals surface area contributed by atoms with E-state index in [4.69, 9.17) is 0 Å². The first-order valence-corrected chi connectivity index (χ1v) is 5.27. The Balaban J connectivity index is 2.20. The normalized spacial score (nSPS) is 23.2. The molecular formula is C11H21N. The molecule has 0 aromatic rings. The molecule has 1 aliphatic rings. The number of nitrogens with zero attached hydrogens (tertiary/aromatic N) is 1. The molecule has 0 saturated heterocycles. The molecule has 0 spiro atoms. The Morgan fingerprint density at radius 1 is 1.42 bits per heavy atom. The average molecular weight is 167 g/mol. The summed E-state index contributed by atoms with van der Waals surface area (Å²) >= 11 is 0. The van der Waals surface area contributed by atoms with Crippen LogP contribution in [0.3, 0.4) is 0 Å². The Hall–Kier alpha value is -0.460. The Morgan fingerprint density at radius 2 is 2.25 bits per heavy atom. The second kappa shape index (κ2) is 5.23. The smallest absolute Gasteiger partial charge is 0.0258 e. The summed E-state index contributed by atoms with van der Waals surface area (Å²) in [5.74, 6) is 0. The van der Waals surface area contributed by atoms with Crippen LogP contribution in [0.25, 0.3) is 0 Å². The fourth-order valence-corrected chi connectivity index (χ4v) is 1.70. The maximum absolute atomic E-state index is 2.49. The summed E-state index contributed by atoms with van der Waals surface area (Å²) < 4.78 is 0. The summed E-state index contributed by atoms with van der Waals surface area (Å²) in [7, 11) is 0. The van der Waals surface area contributed by atoms with E-state index in [1.54, 1.807) is 0 Å². The van der Waals surface area contributed by atoms with Gasteiger partial charge < -0.3 is 4.90 Å². The predicted molar refractivity (Wildman–Crippen MR) is 54.1 cm³/mol. The fraction of sp³-hybridized carbons (Fsp3) is 0.818. The van der Waals surface area contributed by atoms with Crippen LogP contribution < -0.4 is 0 Å². The summed E-state index contributed by atoms with van der Waals surface area (Å²) in [6.07, 6.45) is 11.2. The standard InChI is InChI=1S/C11H21N/c1-3-4-6-9-12-10-7-5-8-11(12)2/h7,10-11H,3-6,8-9H2,1-2H3. The van der Waals surface area contributed by atoms with Crippen LogP contribution in [0.2, 0.25) is 0 Å². The van der Waals surface area contributed by atoms with Crippen molar-refractivity contribution in [2.45, 2.75) is 52.0 Å². The van der Waals surface area contributed by atoms with E-state index in [9.17, 15) is 0 Å². The molecule has 0 saturated carbocycles. The van der Waals surface area contributed by atoms with Crippen molar-refractivity contribution in [3.8, 4) is 0 Å². The third kappa shape index (κ3) is 2.88. The molecule has 0 aromatic heterocycles. The van der Waals surface area contributed by atoms with E-state index in [1.807, 2.05) is 0 Å². The van der Waals surface area contributed by atoms with Crippen LogP contribution in [0, 0.1) is 0 Å². The van der Waals surface area contributed by atoms with E-state index in [0.717, 1.165) is 6.04 Å². The Labute approximate surface area is 76.5 Å². The van der Waals surface area contributed by atoms with E-state index in [2.05, 4.69) is 31.0 Å². The molecule has 1 unspecified atom stereocenters. The van der Waals surface area contributed by atoms with Crippen LogP contribution in [0.15, 0.2) is 12.3 Å². The van der Waals surface area contributed by atoms with Crippen LogP contribution >= 0.6 is 0 Å². The molecule has 1 nitrogen and oxygen atoms in total. The van der Waals surface area contributed by atoms with Crippen LogP contribution in [0.4, 0.5) is 0 Å². The molecule has 0 radical (unpaired) electrons. The van der Waals surface area contributed by atoms with Crippen molar-refractivity contribution in [1.29, 1.82) is 0 Å². The first-order valence-electron chi connectivity index (χ1n) is 5.27. The molecule has 0 amide bonds. The van der Waals surface area contributed by atoms with Gasteiger partial charge in [0.1, 0.15) is 0 Å². The van der Waals surface area contributed by atoms with Gasteiger partial charge in [-0.15, -0.1) is 0 Å². The zero-order valence-electron chi connectivity index (χ0n) is 8.42. The second-order valence-corrected chi connectivity index (χ2v) is 3.76. The van der Waals surface area contributed by atoms with Crippen molar-refractivity contribution in [3.63, 3.8) is 0 Å². The number of rotatable bonds is 4. The molecule has 1 aliphatic heterocycles. The maximum Gasteiger partial charge on any atom is 0.0258 e. The molecule has 0 aliphatic carbocycles. The number of allylic oxidation sites excluding steroid dienone is 1. The van der Waals surface area contributed by atoms with E-state index in [0.29, 0.717) is 0 Å². The zero-order valence-corrected chi connectivity index (χ0v) is 8.42. The Kier molecular flexibility index (Phi) is 4.20. The zero-order chi connectivity index (χ0) is 8.81. The fourth-order valence-electron chi connectivity index (χ4n) is 1.70. The molecule has 1 atom stereocenters. The lowest BCUT2D eigenvalue weighted by Gasteiger charge is -2.30. The molecule has 0 aromatic carbocycles. The molecule has 0 fully saturated rings. The number of hydrogen-bond donors (Lipinski definition) is 0. The van der Waals surface area contributed by atoms with E-state index in [1.165, 1.54) is 38.6 Å². The third-order valence-electron chi connectivity index (χ3n) is 2.63. The molecule has 70 valence electrons. The minimum absolute atomic E-state index is 0.770. The Bertz CT molecular complexity index is 140. The topological polar surface area (TPSA) is 3.24 Å². The summed E-state index contributed by atoms with van der Waals surface area (Å²) in [5.41, 5.74) is 0. The van der Waals surface area contributed by atoms with Crippen molar-refractivity contribution in [2.75, 3.05) is 6.54 Å². The highest BCUT2D eigenvalue weighted by molar-refractivity contribution is 4.91. The van der Waals surface area contributed by atoms with Gasteiger partial charge in [-0.1, -0.05) is 25.8 Å². The van der Waals surface area contributed by atoms with Crippen LogP contribution in [0.1, 0.15) is 46.0 Å². The molecule has 12 heavy (non-hydrogen) atoms. The van der Waals surface area contributed by atoms with Gasteiger partial charge in [-0.05, 0) is 32.4 Å². The van der Waals surface area contributed by atoms with Gasteiger partial charge in [0.25, 0.3) is 0 Å². The molecule has 0 N–H and O–H groups in total. The molecule has 1 heteroatoms. The SMILES string of the molecule is CCCCCN1C=CCCC1C. The number of hydrogen-bond acceptors (Lipinski definition) is 1. The second-order valence-electron chi connectivity index (χ2n) is 3.76. The molecule has 1 heterocycles. The first kappa shape index (κ1) is 9.63. The lowest BCUT2D eigenvalue weighted by Crippen LogP contribution is -2.30. The predicted octanol–water partition coefficient (Wildman–Crippen LogP) is 3.17. The summed E-state index contributed by atoms with van der Waals surface area (Å²) in [5, 5.41) is 0. The average Bonchev–Trinajstić information content (AvgIpc) is 2.09. The van der Waals surface area contributed by atoms with E-state index >= 15 is 0 Å². The van der Waals surface area contributed by atoms with Crippen molar-refractivity contribution in [3.05, 3.63) is 12.3 Å². The first-order chi connectivity index (χ1) is 5.84. The van der Waals surface area contributed by atoms with Crippen molar-refractivity contribution in [2.24, 2.45) is 0 Å². The van der Waals surface area contributed by atoms with Crippen molar-refractivity contribution in [1.82, 2.24) is 4.90 Å². The van der Waals surface area contributed by atoms with Crippen molar-refractivity contribution < 1.29 is 0 Å². The summed E-state index contributed by atoms with van der Waals surface area (Å²) in [6, 6.07) is 0.770. The quantitative estimate of drug-likeness (QED) is 0.581. The van der Waals surface area contributed by atoms with Gasteiger partial charge in [-0.25, -0.2) is 0 Å². The largest absolute Gasteiger partial charge is 0.375 e. The third-order valence-corrected chi connectivity index (χ3v) is 2.63. The highest BCUT2D eigenvalue weighted by Crippen LogP contribution is 2.14. The molecule has 1 rings (SSSR count).